The highest BCUT2D eigenvalue weighted by molar-refractivity contribution is 5.40. The van der Waals surface area contributed by atoms with Crippen molar-refractivity contribution in [3.63, 3.8) is 0 Å². The van der Waals surface area contributed by atoms with Gasteiger partial charge in [0.1, 0.15) is 5.82 Å². The maximum Gasteiger partial charge on any atom is 0.128 e. The third kappa shape index (κ3) is 2.82. The van der Waals surface area contributed by atoms with Crippen LogP contribution in [0.15, 0.2) is 18.3 Å². The van der Waals surface area contributed by atoms with Crippen LogP contribution in [0.5, 0.6) is 0 Å². The molecule has 1 aliphatic carbocycles. The number of hydrogen-bond acceptors (Lipinski definition) is 4. The highest BCUT2D eigenvalue weighted by Crippen LogP contribution is 2.25. The van der Waals surface area contributed by atoms with Gasteiger partial charge in [0.2, 0.25) is 0 Å². The second kappa shape index (κ2) is 5.67. The maximum absolute atomic E-state index is 10.1. The number of pyridine rings is 1. The van der Waals surface area contributed by atoms with Gasteiger partial charge in [-0.3, -0.25) is 0 Å². The van der Waals surface area contributed by atoms with E-state index in [0.717, 1.165) is 30.6 Å². The van der Waals surface area contributed by atoms with Gasteiger partial charge in [0.05, 0.1) is 12.1 Å². The number of nitrogens with two attached hydrogens (primary N) is 1. The van der Waals surface area contributed by atoms with E-state index in [9.17, 15) is 5.11 Å². The normalized spacial score (nSPS) is 25.8. The van der Waals surface area contributed by atoms with E-state index >= 15 is 0 Å². The number of hydrogen-bond donors (Lipinski definition) is 2. The molecular formula is C14H23N3O. The molecule has 1 heterocycles. The average molecular weight is 249 g/mol. The molecule has 1 fully saturated rings. The van der Waals surface area contributed by atoms with Gasteiger partial charge in [0.25, 0.3) is 0 Å². The molecule has 3 atom stereocenters. The van der Waals surface area contributed by atoms with E-state index in [2.05, 4.69) is 9.88 Å². The van der Waals surface area contributed by atoms with Gasteiger partial charge in [0, 0.05) is 19.3 Å². The van der Waals surface area contributed by atoms with Crippen LogP contribution in [-0.2, 0) is 0 Å². The molecule has 0 aliphatic heterocycles. The van der Waals surface area contributed by atoms with Gasteiger partial charge in [-0.1, -0.05) is 18.9 Å². The Balaban J connectivity index is 2.10. The van der Waals surface area contributed by atoms with Crippen molar-refractivity contribution in [1.29, 1.82) is 0 Å². The van der Waals surface area contributed by atoms with Crippen LogP contribution in [0.2, 0.25) is 0 Å². The van der Waals surface area contributed by atoms with Crippen LogP contribution in [0.3, 0.4) is 0 Å². The van der Waals surface area contributed by atoms with Crippen LogP contribution >= 0.6 is 0 Å². The molecule has 1 aromatic rings. The van der Waals surface area contributed by atoms with E-state index in [1.807, 2.05) is 32.3 Å². The van der Waals surface area contributed by atoms with E-state index in [1.54, 1.807) is 0 Å². The Morgan fingerprint density at radius 2 is 2.11 bits per heavy atom. The Hall–Kier alpha value is -1.13. The summed E-state index contributed by atoms with van der Waals surface area (Å²) in [6, 6.07) is 4.20. The van der Waals surface area contributed by atoms with Crippen molar-refractivity contribution in [2.45, 2.75) is 50.8 Å². The number of nitrogens with zero attached hydrogens (tertiary/aromatic N) is 2. The Labute approximate surface area is 109 Å². The van der Waals surface area contributed by atoms with Crippen molar-refractivity contribution in [1.82, 2.24) is 4.98 Å². The molecule has 3 N–H and O–H groups in total. The first-order valence-electron chi connectivity index (χ1n) is 6.72. The summed E-state index contributed by atoms with van der Waals surface area (Å²) in [4.78, 5) is 6.54. The molecular weight excluding hydrogens is 226 g/mol. The highest BCUT2D eigenvalue weighted by atomic mass is 16.3. The lowest BCUT2D eigenvalue weighted by Crippen LogP contribution is -2.43. The number of aromatic nitrogens is 1. The summed E-state index contributed by atoms with van der Waals surface area (Å²) >= 11 is 0. The number of anilines is 1. The second-order valence-corrected chi connectivity index (χ2v) is 5.27. The zero-order chi connectivity index (χ0) is 13.1. The molecule has 4 heteroatoms. The molecule has 0 radical (unpaired) electrons. The van der Waals surface area contributed by atoms with Crippen molar-refractivity contribution in [3.05, 3.63) is 23.9 Å². The van der Waals surface area contributed by atoms with Gasteiger partial charge in [0.15, 0.2) is 0 Å². The Morgan fingerprint density at radius 1 is 1.39 bits per heavy atom. The second-order valence-electron chi connectivity index (χ2n) is 5.27. The fourth-order valence-electron chi connectivity index (χ4n) is 2.59. The quantitative estimate of drug-likeness (QED) is 0.858. The summed E-state index contributed by atoms with van der Waals surface area (Å²) in [5, 5.41) is 10.1. The van der Waals surface area contributed by atoms with Crippen LogP contribution in [0.25, 0.3) is 0 Å². The summed E-state index contributed by atoms with van der Waals surface area (Å²) in [6.45, 7) is 1.95. The number of rotatable bonds is 3. The lowest BCUT2D eigenvalue weighted by atomic mass is 9.91. The fraction of sp³-hybridized carbons (Fsp3) is 0.643. The molecule has 1 aromatic heterocycles. The first kappa shape index (κ1) is 13.3. The van der Waals surface area contributed by atoms with Crippen molar-refractivity contribution in [2.75, 3.05) is 11.9 Å². The molecule has 0 aromatic carbocycles. The Bertz CT molecular complexity index is 377. The summed E-state index contributed by atoms with van der Waals surface area (Å²) in [5.74, 6) is 0.908. The topological polar surface area (TPSA) is 62.4 Å². The van der Waals surface area contributed by atoms with Gasteiger partial charge in [-0.05, 0) is 31.4 Å². The van der Waals surface area contributed by atoms with Gasteiger partial charge >= 0.3 is 0 Å². The number of likely N-dealkylation sites (N-methyl/N-ethyl adjacent to an activating group) is 1. The largest absolute Gasteiger partial charge is 0.391 e. The van der Waals surface area contributed by atoms with Crippen molar-refractivity contribution in [2.24, 2.45) is 5.73 Å². The van der Waals surface area contributed by atoms with Crippen LogP contribution in [0, 0.1) is 0 Å². The Kier molecular flexibility index (Phi) is 4.19. The van der Waals surface area contributed by atoms with Crippen molar-refractivity contribution in [3.8, 4) is 0 Å². The van der Waals surface area contributed by atoms with Crippen molar-refractivity contribution >= 4 is 5.82 Å². The first-order valence-corrected chi connectivity index (χ1v) is 6.72. The maximum atomic E-state index is 10.1. The van der Waals surface area contributed by atoms with E-state index in [-0.39, 0.29) is 18.2 Å². The minimum atomic E-state index is -0.237. The Morgan fingerprint density at radius 3 is 2.67 bits per heavy atom. The van der Waals surface area contributed by atoms with Crippen LogP contribution < -0.4 is 10.6 Å². The van der Waals surface area contributed by atoms with Crippen LogP contribution in [0.1, 0.15) is 44.2 Å². The summed E-state index contributed by atoms with van der Waals surface area (Å²) in [6.07, 6.45) is 5.83. The lowest BCUT2D eigenvalue weighted by Gasteiger charge is -2.36. The molecule has 1 aliphatic rings. The number of aliphatic hydroxyl groups is 1. The zero-order valence-electron chi connectivity index (χ0n) is 11.2. The molecule has 4 nitrogen and oxygen atoms in total. The first-order chi connectivity index (χ1) is 8.59. The zero-order valence-corrected chi connectivity index (χ0v) is 11.2. The van der Waals surface area contributed by atoms with Crippen molar-refractivity contribution < 1.29 is 5.11 Å². The monoisotopic (exact) mass is 249 g/mol. The molecule has 0 bridgehead atoms. The summed E-state index contributed by atoms with van der Waals surface area (Å²) in [7, 11) is 2.01. The summed E-state index contributed by atoms with van der Waals surface area (Å²) in [5.41, 5.74) is 6.85. The van der Waals surface area contributed by atoms with Gasteiger partial charge in [-0.25, -0.2) is 4.98 Å². The SMILES string of the molecule is CC(N)c1ccc(N(C)C2CCCCC2O)nc1. The average Bonchev–Trinajstić information content (AvgIpc) is 2.38. The molecule has 0 spiro atoms. The fourth-order valence-corrected chi connectivity index (χ4v) is 2.59. The molecule has 100 valence electrons. The van der Waals surface area contributed by atoms with Crippen LogP contribution in [-0.4, -0.2) is 29.3 Å². The third-order valence-corrected chi connectivity index (χ3v) is 3.85. The molecule has 3 unspecified atom stereocenters. The highest BCUT2D eigenvalue weighted by Gasteiger charge is 2.27. The minimum Gasteiger partial charge on any atom is -0.391 e. The summed E-state index contributed by atoms with van der Waals surface area (Å²) < 4.78 is 0. The van der Waals surface area contributed by atoms with E-state index in [4.69, 9.17) is 5.73 Å². The predicted octanol–water partition coefficient (Wildman–Crippen LogP) is 1.84. The third-order valence-electron chi connectivity index (χ3n) is 3.85. The van der Waals surface area contributed by atoms with E-state index in [1.165, 1.54) is 6.42 Å². The standard InChI is InChI=1S/C14H23N3O/c1-10(15)11-7-8-14(16-9-11)17(2)12-5-3-4-6-13(12)18/h7-10,12-13,18H,3-6,15H2,1-2H3. The molecule has 18 heavy (non-hydrogen) atoms. The van der Waals surface area contributed by atoms with E-state index in [0.29, 0.717) is 0 Å². The smallest absolute Gasteiger partial charge is 0.128 e. The lowest BCUT2D eigenvalue weighted by molar-refractivity contribution is 0.106. The van der Waals surface area contributed by atoms with E-state index < -0.39 is 0 Å². The molecule has 0 saturated heterocycles. The minimum absolute atomic E-state index is 0.0112. The molecule has 0 amide bonds. The van der Waals surface area contributed by atoms with Gasteiger partial charge < -0.3 is 15.7 Å². The number of aliphatic hydroxyl groups excluding tert-OH is 1. The van der Waals surface area contributed by atoms with Gasteiger partial charge in [-0.15, -0.1) is 0 Å². The van der Waals surface area contributed by atoms with Crippen LogP contribution in [0.4, 0.5) is 5.82 Å². The molecule has 1 saturated carbocycles. The molecule has 2 rings (SSSR count). The van der Waals surface area contributed by atoms with Gasteiger partial charge in [-0.2, -0.15) is 0 Å². The predicted molar refractivity (Wildman–Crippen MR) is 73.5 cm³/mol.